The summed E-state index contributed by atoms with van der Waals surface area (Å²) in [5.41, 5.74) is 0.711. The van der Waals surface area contributed by atoms with Crippen molar-refractivity contribution in [2.24, 2.45) is 0 Å². The van der Waals surface area contributed by atoms with Gasteiger partial charge in [-0.2, -0.15) is 0 Å². The molecule has 1 aliphatic rings. The Kier molecular flexibility index (Phi) is 8.13. The van der Waals surface area contributed by atoms with Gasteiger partial charge in [-0.25, -0.2) is 0 Å². The summed E-state index contributed by atoms with van der Waals surface area (Å²) >= 11 is -1.81. The molecule has 0 heterocycles. The monoisotopic (exact) mass is 317 g/mol. The minimum Gasteiger partial charge on any atom is -1.00 e. The minimum atomic E-state index is -1.81. The first-order valence-corrected chi connectivity index (χ1v) is 7.85. The van der Waals surface area contributed by atoms with E-state index in [0.717, 1.165) is 6.42 Å². The van der Waals surface area contributed by atoms with E-state index in [0.29, 0.717) is 5.56 Å². The third kappa shape index (κ3) is 4.54. The molecule has 0 aromatic heterocycles. The third-order valence-electron chi connectivity index (χ3n) is 2.46. The van der Waals surface area contributed by atoms with Crippen LogP contribution in [0.2, 0.25) is 0 Å². The maximum absolute atomic E-state index is 11.9. The quantitative estimate of drug-likeness (QED) is 0.570. The molecule has 0 fully saturated rings. The zero-order chi connectivity index (χ0) is 11.4. The first-order chi connectivity index (χ1) is 7.77. The van der Waals surface area contributed by atoms with Crippen LogP contribution < -0.4 is 28.6 Å². The molecule has 0 spiro atoms. The third-order valence-corrected chi connectivity index (χ3v) is 5.07. The molecular weight excluding hydrogens is 305 g/mol. The van der Waals surface area contributed by atoms with Crippen LogP contribution in [0.25, 0.3) is 0 Å². The summed E-state index contributed by atoms with van der Waals surface area (Å²) in [7, 11) is 0. The van der Waals surface area contributed by atoms with Crippen molar-refractivity contribution in [3.8, 4) is 0 Å². The van der Waals surface area contributed by atoms with E-state index in [4.69, 9.17) is 0 Å². The predicted octanol–water partition coefficient (Wildman–Crippen LogP) is -3.77. The van der Waals surface area contributed by atoms with Gasteiger partial charge in [0.05, 0.1) is 0 Å². The van der Waals surface area contributed by atoms with E-state index in [9.17, 15) is 4.79 Å². The molecule has 0 radical (unpaired) electrons. The summed E-state index contributed by atoms with van der Waals surface area (Å²) in [6.07, 6.45) is 7.16. The average molecular weight is 318 g/mol. The van der Waals surface area contributed by atoms with Crippen LogP contribution >= 0.6 is 0 Å². The van der Waals surface area contributed by atoms with E-state index in [1.165, 1.54) is 3.88 Å². The van der Waals surface area contributed by atoms with Crippen LogP contribution in [0.3, 0.4) is 0 Å². The van der Waals surface area contributed by atoms with Gasteiger partial charge < -0.3 is 24.8 Å². The van der Waals surface area contributed by atoms with Gasteiger partial charge in [-0.05, 0) is 0 Å². The molecule has 0 aliphatic heterocycles. The number of carbonyl (C=O) groups excluding carboxylic acids is 1. The summed E-state index contributed by atoms with van der Waals surface area (Å²) in [5, 5.41) is 0. The van der Waals surface area contributed by atoms with Crippen LogP contribution in [-0.2, 0) is 17.7 Å². The van der Waals surface area contributed by atoms with E-state index in [1.54, 1.807) is 0 Å². The number of halogens is 2. The Bertz CT molecular complexity index is 483. The number of hydrogen-bond donors (Lipinski definition) is 1. The molecule has 0 bridgehead atoms. The van der Waals surface area contributed by atoms with Crippen LogP contribution in [0.4, 0.5) is 0 Å². The summed E-state index contributed by atoms with van der Waals surface area (Å²) in [6, 6.07) is 9.29. The molecular formula is C13H13Cl2NOTi. The van der Waals surface area contributed by atoms with Gasteiger partial charge in [0.1, 0.15) is 0 Å². The molecule has 1 aromatic carbocycles. The van der Waals surface area contributed by atoms with Crippen molar-refractivity contribution in [3.63, 3.8) is 0 Å². The van der Waals surface area contributed by atoms with Crippen LogP contribution in [-0.4, -0.2) is 10.7 Å². The Balaban J connectivity index is 0.00000144. The number of benzene rings is 1. The van der Waals surface area contributed by atoms with Crippen molar-refractivity contribution in [2.45, 2.75) is 6.42 Å². The van der Waals surface area contributed by atoms with E-state index < -0.39 is 17.7 Å². The minimum absolute atomic E-state index is 0. The Morgan fingerprint density at radius 1 is 1.22 bits per heavy atom. The summed E-state index contributed by atoms with van der Waals surface area (Å²) < 4.78 is 4.36. The molecule has 0 atom stereocenters. The number of carbonyl (C=O) groups is 1. The molecule has 2 nitrogen and oxygen atoms in total. The second-order valence-corrected chi connectivity index (χ2v) is 6.51. The van der Waals surface area contributed by atoms with Crippen molar-refractivity contribution < 1.29 is 47.3 Å². The van der Waals surface area contributed by atoms with E-state index in [1.807, 2.05) is 36.4 Å². The largest absolute Gasteiger partial charge is 1.00 e. The molecule has 0 saturated carbocycles. The number of hydrogen-bond acceptors (Lipinski definition) is 1. The Labute approximate surface area is 126 Å². The molecule has 1 N–H and O–H groups in total. The maximum Gasteiger partial charge on any atom is -1.00 e. The van der Waals surface area contributed by atoms with Gasteiger partial charge in [-0.3, -0.25) is 0 Å². The zero-order valence-corrected chi connectivity index (χ0v) is 12.8. The van der Waals surface area contributed by atoms with Crippen LogP contribution in [0.5, 0.6) is 0 Å². The molecule has 94 valence electrons. The fourth-order valence-corrected chi connectivity index (χ4v) is 3.49. The second kappa shape index (κ2) is 8.44. The van der Waals surface area contributed by atoms with Gasteiger partial charge in [0, 0.05) is 0 Å². The van der Waals surface area contributed by atoms with Gasteiger partial charge in [0.2, 0.25) is 0 Å². The zero-order valence-electron chi connectivity index (χ0n) is 9.70. The topological polar surface area (TPSA) is 29.1 Å². The predicted molar refractivity (Wildman–Crippen MR) is 62.9 cm³/mol. The molecule has 0 unspecified atom stereocenters. The van der Waals surface area contributed by atoms with Crippen LogP contribution in [0, 0.1) is 0 Å². The number of nitrogens with one attached hydrogen (secondary N) is 1. The number of rotatable bonds is 3. The Morgan fingerprint density at radius 3 is 2.44 bits per heavy atom. The average Bonchev–Trinajstić information content (AvgIpc) is 2.83. The van der Waals surface area contributed by atoms with Gasteiger partial charge >= 0.3 is 101 Å². The summed E-state index contributed by atoms with van der Waals surface area (Å²) in [4.78, 5) is 16.0. The SMILES string of the molecule is [CH2]=[Ti+2]([NH]C(=O)c1ccccc1)[C]1=CC=CC1.[Cl-].[Cl-]. The standard InChI is InChI=1S/C7H7NO.C5H5.CH2.2ClH.Ti/c8-7(9)6-4-2-1-3-5-6;1-2-4-5-3-1;;;;/h1-5H,(H2,8,9);1-3H,4H2;1H2;2*1H;/q;;;;;+3/p-3. The maximum atomic E-state index is 11.9. The van der Waals surface area contributed by atoms with Crippen LogP contribution in [0.1, 0.15) is 16.8 Å². The van der Waals surface area contributed by atoms with Gasteiger partial charge in [-0.15, -0.1) is 0 Å². The normalized spacial score (nSPS) is 11.4. The molecule has 2 rings (SSSR count). The molecule has 0 saturated heterocycles. The first kappa shape index (κ1) is 17.3. The first-order valence-electron chi connectivity index (χ1n) is 5.19. The number of amides is 1. The van der Waals surface area contributed by atoms with Crippen LogP contribution in [0.15, 0.2) is 52.4 Å². The molecule has 1 aromatic rings. The fourth-order valence-electron chi connectivity index (χ4n) is 1.55. The van der Waals surface area contributed by atoms with Gasteiger partial charge in [0.15, 0.2) is 0 Å². The van der Waals surface area contributed by atoms with Gasteiger partial charge in [0.25, 0.3) is 0 Å². The molecule has 18 heavy (non-hydrogen) atoms. The summed E-state index contributed by atoms with van der Waals surface area (Å²) in [5.74, 6) is -0.00148. The molecule has 1 amide bonds. The Hall–Kier alpha value is -0.666. The van der Waals surface area contributed by atoms with Crippen molar-refractivity contribution in [2.75, 3.05) is 0 Å². The second-order valence-electron chi connectivity index (χ2n) is 3.62. The van der Waals surface area contributed by atoms with Crippen molar-refractivity contribution >= 4 is 10.7 Å². The van der Waals surface area contributed by atoms with Crippen molar-refractivity contribution in [3.05, 3.63) is 58.0 Å². The fraction of sp³-hybridized carbons (Fsp3) is 0.0769. The van der Waals surface area contributed by atoms with Crippen molar-refractivity contribution in [1.29, 1.82) is 0 Å². The van der Waals surface area contributed by atoms with Gasteiger partial charge in [-0.1, -0.05) is 0 Å². The Morgan fingerprint density at radius 2 is 1.89 bits per heavy atom. The smallest absolute Gasteiger partial charge is 1.00 e. The molecule has 5 heteroatoms. The van der Waals surface area contributed by atoms with E-state index in [2.05, 4.69) is 20.8 Å². The molecule has 1 aliphatic carbocycles. The van der Waals surface area contributed by atoms with E-state index >= 15 is 0 Å². The van der Waals surface area contributed by atoms with E-state index in [-0.39, 0.29) is 30.7 Å². The number of allylic oxidation sites excluding steroid dienone is 4. The summed E-state index contributed by atoms with van der Waals surface area (Å²) in [6.45, 7) is 0. The van der Waals surface area contributed by atoms with Crippen molar-refractivity contribution in [1.82, 2.24) is 3.80 Å².